The smallest absolute Gasteiger partial charge is 0.307 e. The first-order chi connectivity index (χ1) is 8.22. The monoisotopic (exact) mass is 233 g/mol. The third-order valence-corrected chi connectivity index (χ3v) is 3.10. The number of hydrogen-bond donors (Lipinski definition) is 1. The third kappa shape index (κ3) is 3.07. The fraction of sp³-hybridized carbons (Fsp3) is 0.500. The standard InChI is InChI=1S/C14H19NO2/c1-2-17-14(16)9-13(15)12-6-4-3-5-11(12)10-7-8-10/h3-6,10,13H,2,7-9,15H2,1H3/t13-/m1/s1. The van der Waals surface area contributed by atoms with Gasteiger partial charge in [0, 0.05) is 6.04 Å². The van der Waals surface area contributed by atoms with Crippen molar-refractivity contribution in [2.45, 2.75) is 38.1 Å². The predicted molar refractivity (Wildman–Crippen MR) is 66.6 cm³/mol. The minimum Gasteiger partial charge on any atom is -0.466 e. The van der Waals surface area contributed by atoms with Crippen molar-refractivity contribution in [3.63, 3.8) is 0 Å². The Morgan fingerprint density at radius 3 is 2.82 bits per heavy atom. The molecular formula is C14H19NO2. The van der Waals surface area contributed by atoms with Crippen LogP contribution in [-0.2, 0) is 9.53 Å². The zero-order valence-electron chi connectivity index (χ0n) is 10.2. The van der Waals surface area contributed by atoms with Crippen LogP contribution < -0.4 is 5.73 Å². The van der Waals surface area contributed by atoms with Crippen LogP contribution in [0.5, 0.6) is 0 Å². The molecule has 0 bridgehead atoms. The van der Waals surface area contributed by atoms with Gasteiger partial charge in [-0.1, -0.05) is 24.3 Å². The zero-order valence-corrected chi connectivity index (χ0v) is 10.2. The first-order valence-electron chi connectivity index (χ1n) is 6.22. The average molecular weight is 233 g/mol. The summed E-state index contributed by atoms with van der Waals surface area (Å²) < 4.78 is 4.93. The first kappa shape index (κ1) is 12.1. The summed E-state index contributed by atoms with van der Waals surface area (Å²) in [5, 5.41) is 0. The van der Waals surface area contributed by atoms with Crippen LogP contribution in [0.25, 0.3) is 0 Å². The lowest BCUT2D eigenvalue weighted by atomic mass is 9.96. The molecule has 1 atom stereocenters. The van der Waals surface area contributed by atoms with Gasteiger partial charge in [-0.05, 0) is 36.8 Å². The maximum Gasteiger partial charge on any atom is 0.307 e. The van der Waals surface area contributed by atoms with E-state index in [9.17, 15) is 4.79 Å². The number of esters is 1. The molecule has 0 saturated heterocycles. The number of benzene rings is 1. The van der Waals surface area contributed by atoms with Crippen molar-refractivity contribution in [1.82, 2.24) is 0 Å². The number of ether oxygens (including phenoxy) is 1. The molecule has 1 saturated carbocycles. The van der Waals surface area contributed by atoms with Gasteiger partial charge in [0.05, 0.1) is 13.0 Å². The number of carbonyl (C=O) groups excluding carboxylic acids is 1. The van der Waals surface area contributed by atoms with E-state index in [2.05, 4.69) is 6.07 Å². The second-order valence-electron chi connectivity index (χ2n) is 4.52. The van der Waals surface area contributed by atoms with Crippen LogP contribution in [0.15, 0.2) is 24.3 Å². The molecule has 0 heterocycles. The lowest BCUT2D eigenvalue weighted by Crippen LogP contribution is -2.18. The van der Waals surface area contributed by atoms with Gasteiger partial charge in [0.15, 0.2) is 0 Å². The Labute approximate surface area is 102 Å². The second-order valence-corrected chi connectivity index (χ2v) is 4.52. The van der Waals surface area contributed by atoms with Gasteiger partial charge in [0.25, 0.3) is 0 Å². The SMILES string of the molecule is CCOC(=O)C[C@@H](N)c1ccccc1C1CC1. The zero-order chi connectivity index (χ0) is 12.3. The molecule has 3 heteroatoms. The Morgan fingerprint density at radius 2 is 2.18 bits per heavy atom. The molecule has 0 spiro atoms. The van der Waals surface area contributed by atoms with Gasteiger partial charge in [0.1, 0.15) is 0 Å². The summed E-state index contributed by atoms with van der Waals surface area (Å²) in [4.78, 5) is 11.4. The topological polar surface area (TPSA) is 52.3 Å². The molecule has 0 aliphatic heterocycles. The van der Waals surface area contributed by atoms with E-state index < -0.39 is 0 Å². The Hall–Kier alpha value is -1.35. The Balaban J connectivity index is 2.07. The minimum atomic E-state index is -0.245. The fourth-order valence-electron chi connectivity index (χ4n) is 2.12. The summed E-state index contributed by atoms with van der Waals surface area (Å²) >= 11 is 0. The van der Waals surface area contributed by atoms with Gasteiger partial charge >= 0.3 is 5.97 Å². The molecule has 3 nitrogen and oxygen atoms in total. The molecule has 2 rings (SSSR count). The Kier molecular flexibility index (Phi) is 3.79. The molecule has 1 aromatic carbocycles. The molecule has 1 fully saturated rings. The third-order valence-electron chi connectivity index (χ3n) is 3.10. The van der Waals surface area contributed by atoms with E-state index >= 15 is 0 Å². The van der Waals surface area contributed by atoms with Crippen molar-refractivity contribution < 1.29 is 9.53 Å². The predicted octanol–water partition coefficient (Wildman–Crippen LogP) is 2.52. The van der Waals surface area contributed by atoms with E-state index in [1.54, 1.807) is 0 Å². The van der Waals surface area contributed by atoms with E-state index in [1.807, 2.05) is 25.1 Å². The lowest BCUT2D eigenvalue weighted by Gasteiger charge is -2.15. The highest BCUT2D eigenvalue weighted by Crippen LogP contribution is 2.42. The molecule has 17 heavy (non-hydrogen) atoms. The van der Waals surface area contributed by atoms with E-state index in [0.717, 1.165) is 5.56 Å². The highest BCUT2D eigenvalue weighted by atomic mass is 16.5. The van der Waals surface area contributed by atoms with Crippen molar-refractivity contribution >= 4 is 5.97 Å². The van der Waals surface area contributed by atoms with Gasteiger partial charge in [-0.25, -0.2) is 0 Å². The highest BCUT2D eigenvalue weighted by Gasteiger charge is 2.27. The van der Waals surface area contributed by atoms with Crippen molar-refractivity contribution in [2.75, 3.05) is 6.61 Å². The van der Waals surface area contributed by atoms with Crippen molar-refractivity contribution in [2.24, 2.45) is 5.73 Å². The van der Waals surface area contributed by atoms with Crippen LogP contribution in [-0.4, -0.2) is 12.6 Å². The number of rotatable bonds is 5. The minimum absolute atomic E-state index is 0.217. The van der Waals surface area contributed by atoms with E-state index in [0.29, 0.717) is 12.5 Å². The van der Waals surface area contributed by atoms with Crippen LogP contribution in [0.4, 0.5) is 0 Å². The summed E-state index contributed by atoms with van der Waals surface area (Å²) in [5.41, 5.74) is 8.50. The van der Waals surface area contributed by atoms with Gasteiger partial charge in [-0.2, -0.15) is 0 Å². The average Bonchev–Trinajstić information content (AvgIpc) is 3.13. The fourth-order valence-corrected chi connectivity index (χ4v) is 2.12. The molecule has 0 amide bonds. The molecule has 0 unspecified atom stereocenters. The van der Waals surface area contributed by atoms with Crippen LogP contribution in [0.1, 0.15) is 49.3 Å². The van der Waals surface area contributed by atoms with Crippen molar-refractivity contribution in [3.05, 3.63) is 35.4 Å². The van der Waals surface area contributed by atoms with Crippen LogP contribution in [0.2, 0.25) is 0 Å². The van der Waals surface area contributed by atoms with E-state index in [-0.39, 0.29) is 18.4 Å². The summed E-state index contributed by atoms with van der Waals surface area (Å²) in [7, 11) is 0. The number of carbonyl (C=O) groups is 1. The van der Waals surface area contributed by atoms with E-state index in [4.69, 9.17) is 10.5 Å². The van der Waals surface area contributed by atoms with Gasteiger partial charge < -0.3 is 10.5 Å². The van der Waals surface area contributed by atoms with Crippen molar-refractivity contribution in [3.8, 4) is 0 Å². The van der Waals surface area contributed by atoms with Gasteiger partial charge in [-0.15, -0.1) is 0 Å². The molecule has 1 aromatic rings. The Bertz CT molecular complexity index is 399. The summed E-state index contributed by atoms with van der Waals surface area (Å²) in [5.74, 6) is 0.435. The Morgan fingerprint density at radius 1 is 1.47 bits per heavy atom. The normalized spacial score (nSPS) is 16.6. The molecule has 0 aromatic heterocycles. The second kappa shape index (κ2) is 5.32. The molecule has 1 aliphatic carbocycles. The molecule has 2 N–H and O–H groups in total. The van der Waals surface area contributed by atoms with Crippen LogP contribution >= 0.6 is 0 Å². The highest BCUT2D eigenvalue weighted by molar-refractivity contribution is 5.70. The summed E-state index contributed by atoms with van der Waals surface area (Å²) in [6.45, 7) is 2.22. The molecule has 1 aliphatic rings. The maximum atomic E-state index is 11.4. The molecular weight excluding hydrogens is 214 g/mol. The van der Waals surface area contributed by atoms with Gasteiger partial charge in [-0.3, -0.25) is 4.79 Å². The quantitative estimate of drug-likeness (QED) is 0.795. The number of hydrogen-bond acceptors (Lipinski definition) is 3. The number of nitrogens with two attached hydrogens (primary N) is 1. The van der Waals surface area contributed by atoms with Crippen LogP contribution in [0, 0.1) is 0 Å². The lowest BCUT2D eigenvalue weighted by molar-refractivity contribution is -0.143. The van der Waals surface area contributed by atoms with Crippen molar-refractivity contribution in [1.29, 1.82) is 0 Å². The van der Waals surface area contributed by atoms with E-state index in [1.165, 1.54) is 18.4 Å². The van der Waals surface area contributed by atoms with Crippen LogP contribution in [0.3, 0.4) is 0 Å². The molecule has 0 radical (unpaired) electrons. The maximum absolute atomic E-state index is 11.4. The molecule has 92 valence electrons. The summed E-state index contributed by atoms with van der Waals surface area (Å²) in [6.07, 6.45) is 2.74. The summed E-state index contributed by atoms with van der Waals surface area (Å²) in [6, 6.07) is 7.92. The van der Waals surface area contributed by atoms with Gasteiger partial charge in [0.2, 0.25) is 0 Å². The largest absolute Gasteiger partial charge is 0.466 e. The first-order valence-corrected chi connectivity index (χ1v) is 6.22.